The van der Waals surface area contributed by atoms with Gasteiger partial charge in [0.1, 0.15) is 0 Å². The summed E-state index contributed by atoms with van der Waals surface area (Å²) in [6.07, 6.45) is 4.27. The second kappa shape index (κ2) is 6.94. The molecular formula is C16H21N5O3. The molecule has 0 bridgehead atoms. The van der Waals surface area contributed by atoms with E-state index in [1.54, 1.807) is 4.90 Å². The largest absolute Gasteiger partial charge is 0.450 e. The van der Waals surface area contributed by atoms with E-state index in [4.69, 9.17) is 4.74 Å². The van der Waals surface area contributed by atoms with Crippen molar-refractivity contribution in [1.82, 2.24) is 24.5 Å². The number of aromatic nitrogens is 4. The summed E-state index contributed by atoms with van der Waals surface area (Å²) in [7, 11) is 0. The number of hydrogen-bond donors (Lipinski definition) is 0. The molecule has 0 saturated carbocycles. The summed E-state index contributed by atoms with van der Waals surface area (Å²) in [4.78, 5) is 34.3. The molecule has 8 heteroatoms. The van der Waals surface area contributed by atoms with Gasteiger partial charge in [-0.1, -0.05) is 12.8 Å². The van der Waals surface area contributed by atoms with E-state index in [9.17, 15) is 9.59 Å². The second-order valence-electron chi connectivity index (χ2n) is 6.06. The van der Waals surface area contributed by atoms with E-state index in [2.05, 4.69) is 15.1 Å². The second-order valence-corrected chi connectivity index (χ2v) is 6.06. The van der Waals surface area contributed by atoms with Gasteiger partial charge in [0.2, 0.25) is 0 Å². The van der Waals surface area contributed by atoms with Crippen LogP contribution in [0.5, 0.6) is 0 Å². The van der Waals surface area contributed by atoms with Crippen LogP contribution in [0.2, 0.25) is 0 Å². The van der Waals surface area contributed by atoms with Crippen molar-refractivity contribution in [2.45, 2.75) is 39.5 Å². The van der Waals surface area contributed by atoms with Crippen LogP contribution in [0.4, 0.5) is 0 Å². The number of fused-ring (bicyclic) bond motifs is 1. The fourth-order valence-electron chi connectivity index (χ4n) is 2.86. The van der Waals surface area contributed by atoms with Gasteiger partial charge < -0.3 is 9.64 Å². The highest BCUT2D eigenvalue weighted by atomic mass is 16.5. The number of nitrogens with zero attached hydrogens (tertiary/aromatic N) is 5. The van der Waals surface area contributed by atoms with Gasteiger partial charge >= 0.3 is 5.97 Å². The van der Waals surface area contributed by atoms with Gasteiger partial charge in [-0.15, -0.1) is 5.10 Å². The van der Waals surface area contributed by atoms with E-state index in [1.807, 2.05) is 19.9 Å². The molecule has 0 aromatic carbocycles. The molecule has 1 aliphatic rings. The monoisotopic (exact) mass is 331 g/mol. The summed E-state index contributed by atoms with van der Waals surface area (Å²) in [5.74, 6) is -0.613. The van der Waals surface area contributed by atoms with Crippen molar-refractivity contribution < 1.29 is 14.3 Å². The molecule has 8 nitrogen and oxygen atoms in total. The van der Waals surface area contributed by atoms with Crippen LogP contribution in [-0.2, 0) is 9.53 Å². The van der Waals surface area contributed by atoms with E-state index in [-0.39, 0.29) is 18.3 Å². The average molecular weight is 331 g/mol. The number of ether oxygens (including phenoxy) is 1. The number of likely N-dealkylation sites (tertiary alicyclic amines) is 1. The maximum absolute atomic E-state index is 12.1. The Bertz CT molecular complexity index is 762. The zero-order valence-corrected chi connectivity index (χ0v) is 14.0. The third-order valence-electron chi connectivity index (χ3n) is 4.09. The van der Waals surface area contributed by atoms with Crippen molar-refractivity contribution in [3.05, 3.63) is 23.3 Å². The lowest BCUT2D eigenvalue weighted by Crippen LogP contribution is -2.35. The minimum Gasteiger partial charge on any atom is -0.450 e. The number of carbonyl (C=O) groups excluding carboxylic acids is 2. The van der Waals surface area contributed by atoms with Gasteiger partial charge in [-0.05, 0) is 32.8 Å². The number of esters is 1. The Morgan fingerprint density at radius 2 is 1.83 bits per heavy atom. The molecule has 2 aromatic heterocycles. The molecule has 1 aliphatic heterocycles. The summed E-state index contributed by atoms with van der Waals surface area (Å²) < 4.78 is 6.57. The molecule has 0 radical (unpaired) electrons. The van der Waals surface area contributed by atoms with Crippen molar-refractivity contribution in [3.8, 4) is 0 Å². The molecule has 0 spiro atoms. The van der Waals surface area contributed by atoms with Crippen LogP contribution in [-0.4, -0.2) is 56.1 Å². The summed E-state index contributed by atoms with van der Waals surface area (Å²) >= 11 is 0. The maximum atomic E-state index is 12.1. The normalized spacial score (nSPS) is 15.3. The molecule has 0 unspecified atom stereocenters. The Balaban J connectivity index is 1.64. The average Bonchev–Trinajstić information content (AvgIpc) is 2.79. The molecule has 3 heterocycles. The van der Waals surface area contributed by atoms with Crippen LogP contribution in [0.3, 0.4) is 0 Å². The molecular weight excluding hydrogens is 310 g/mol. The van der Waals surface area contributed by atoms with E-state index < -0.39 is 5.97 Å². The zero-order valence-electron chi connectivity index (χ0n) is 14.0. The first kappa shape index (κ1) is 16.4. The number of carbonyl (C=O) groups is 2. The molecule has 1 fully saturated rings. The van der Waals surface area contributed by atoms with E-state index in [1.165, 1.54) is 4.52 Å². The Hall–Kier alpha value is -2.51. The lowest BCUT2D eigenvalue weighted by Gasteiger charge is -2.19. The van der Waals surface area contributed by atoms with Gasteiger partial charge in [0.15, 0.2) is 6.61 Å². The van der Waals surface area contributed by atoms with Gasteiger partial charge in [0.25, 0.3) is 17.5 Å². The van der Waals surface area contributed by atoms with E-state index in [0.29, 0.717) is 5.78 Å². The molecule has 1 amide bonds. The fourth-order valence-corrected chi connectivity index (χ4v) is 2.86. The summed E-state index contributed by atoms with van der Waals surface area (Å²) in [5.41, 5.74) is 1.62. The van der Waals surface area contributed by atoms with Gasteiger partial charge in [0.05, 0.1) is 0 Å². The SMILES string of the molecule is Cc1cc(C)n2nc(C(=O)OCC(=O)N3CCCCCC3)nc2n1. The highest BCUT2D eigenvalue weighted by Gasteiger charge is 2.20. The predicted molar refractivity (Wildman–Crippen MR) is 85.6 cm³/mol. The number of amides is 1. The van der Waals surface area contributed by atoms with Gasteiger partial charge in [-0.25, -0.2) is 14.3 Å². The van der Waals surface area contributed by atoms with Crippen molar-refractivity contribution >= 4 is 17.7 Å². The van der Waals surface area contributed by atoms with Gasteiger partial charge in [0, 0.05) is 24.5 Å². The van der Waals surface area contributed by atoms with Crippen LogP contribution >= 0.6 is 0 Å². The third kappa shape index (κ3) is 3.52. The topological polar surface area (TPSA) is 89.7 Å². The molecule has 24 heavy (non-hydrogen) atoms. The van der Waals surface area contributed by atoms with Crippen LogP contribution in [0.1, 0.15) is 47.7 Å². The molecule has 0 atom stereocenters. The third-order valence-corrected chi connectivity index (χ3v) is 4.09. The first-order valence-corrected chi connectivity index (χ1v) is 8.20. The van der Waals surface area contributed by atoms with Crippen molar-refractivity contribution in [3.63, 3.8) is 0 Å². The van der Waals surface area contributed by atoms with Gasteiger partial charge in [-0.3, -0.25) is 4.79 Å². The Labute approximate surface area is 139 Å². The van der Waals surface area contributed by atoms with E-state index >= 15 is 0 Å². The van der Waals surface area contributed by atoms with Crippen LogP contribution < -0.4 is 0 Å². The first-order valence-electron chi connectivity index (χ1n) is 8.20. The first-order chi connectivity index (χ1) is 11.5. The summed E-state index contributed by atoms with van der Waals surface area (Å²) in [5, 5.41) is 4.10. The quantitative estimate of drug-likeness (QED) is 0.788. The maximum Gasteiger partial charge on any atom is 0.378 e. The minimum atomic E-state index is -0.708. The molecule has 128 valence electrons. The van der Waals surface area contributed by atoms with Gasteiger partial charge in [-0.2, -0.15) is 4.98 Å². The van der Waals surface area contributed by atoms with Crippen molar-refractivity contribution in [2.24, 2.45) is 0 Å². The van der Waals surface area contributed by atoms with Crippen molar-refractivity contribution in [2.75, 3.05) is 19.7 Å². The van der Waals surface area contributed by atoms with Crippen LogP contribution in [0.15, 0.2) is 6.07 Å². The summed E-state index contributed by atoms with van der Waals surface area (Å²) in [6.45, 7) is 4.88. The number of aryl methyl sites for hydroxylation is 2. The Kier molecular flexibility index (Phi) is 4.73. The minimum absolute atomic E-state index is 0.0835. The van der Waals surface area contributed by atoms with E-state index in [0.717, 1.165) is 50.2 Å². The van der Waals surface area contributed by atoms with Crippen LogP contribution in [0.25, 0.3) is 5.78 Å². The lowest BCUT2D eigenvalue weighted by molar-refractivity contribution is -0.134. The highest BCUT2D eigenvalue weighted by molar-refractivity contribution is 5.88. The Morgan fingerprint density at radius 1 is 1.12 bits per heavy atom. The van der Waals surface area contributed by atoms with Crippen molar-refractivity contribution in [1.29, 1.82) is 0 Å². The Morgan fingerprint density at radius 3 is 2.54 bits per heavy atom. The molecule has 2 aromatic rings. The molecule has 1 saturated heterocycles. The zero-order chi connectivity index (χ0) is 17.1. The molecule has 0 N–H and O–H groups in total. The summed E-state index contributed by atoms with van der Waals surface area (Å²) in [6, 6.07) is 1.85. The standard InChI is InChI=1S/C16H21N5O3/c1-11-9-12(2)21-16(17-11)18-14(19-21)15(23)24-10-13(22)20-7-5-3-4-6-8-20/h9H,3-8,10H2,1-2H3. The van der Waals surface area contributed by atoms with Crippen LogP contribution in [0, 0.1) is 13.8 Å². The highest BCUT2D eigenvalue weighted by Crippen LogP contribution is 2.10. The lowest BCUT2D eigenvalue weighted by atomic mass is 10.2. The number of hydrogen-bond acceptors (Lipinski definition) is 6. The number of rotatable bonds is 3. The molecule has 3 rings (SSSR count). The fraction of sp³-hybridized carbons (Fsp3) is 0.562. The molecule has 0 aliphatic carbocycles. The smallest absolute Gasteiger partial charge is 0.378 e. The predicted octanol–water partition coefficient (Wildman–Crippen LogP) is 1.30.